The van der Waals surface area contributed by atoms with Gasteiger partial charge < -0.3 is 10.1 Å². The van der Waals surface area contributed by atoms with Crippen LogP contribution in [0.25, 0.3) is 27.8 Å². The van der Waals surface area contributed by atoms with Gasteiger partial charge in [0.25, 0.3) is 5.56 Å². The summed E-state index contributed by atoms with van der Waals surface area (Å²) in [5.74, 6) is -0.841. The number of rotatable bonds is 4. The molecule has 2 heterocycles. The molecule has 29 heavy (non-hydrogen) atoms. The van der Waals surface area contributed by atoms with Gasteiger partial charge in [-0.25, -0.2) is 9.48 Å². The van der Waals surface area contributed by atoms with Gasteiger partial charge in [0.1, 0.15) is 11.3 Å². The van der Waals surface area contributed by atoms with Crippen molar-refractivity contribution in [1.29, 1.82) is 0 Å². The molecule has 0 aliphatic heterocycles. The van der Waals surface area contributed by atoms with Crippen molar-refractivity contribution < 1.29 is 9.90 Å². The Morgan fingerprint density at radius 2 is 1.93 bits per heavy atom. The molecule has 5 rings (SSSR count). The van der Waals surface area contributed by atoms with Crippen LogP contribution in [0, 0.1) is 0 Å². The smallest absolute Gasteiger partial charge is 0.341 e. The molecule has 0 saturated heterocycles. The van der Waals surface area contributed by atoms with E-state index in [2.05, 4.69) is 15.3 Å². The number of hydrogen-bond acceptors (Lipinski definition) is 4. The number of nitrogens with zero attached hydrogens (tertiary/aromatic N) is 3. The van der Waals surface area contributed by atoms with Crippen molar-refractivity contribution >= 4 is 16.9 Å². The van der Waals surface area contributed by atoms with Crippen LogP contribution < -0.4 is 5.56 Å². The first kappa shape index (κ1) is 17.4. The molecule has 0 radical (unpaired) electrons. The molecule has 7 nitrogen and oxygen atoms in total. The molecule has 1 aliphatic rings. The van der Waals surface area contributed by atoms with E-state index in [1.54, 1.807) is 4.68 Å². The van der Waals surface area contributed by atoms with Crippen LogP contribution in [0.1, 0.15) is 41.1 Å². The minimum atomic E-state index is -1.24. The number of pyridine rings is 1. The SMILES string of the molecule is O=C(O)c1cc2ccc(C3CCC3)c(-c3cn(-c4ccccc4)nn3)c2[nH]c1=O. The lowest BCUT2D eigenvalue weighted by Crippen LogP contribution is -2.18. The molecule has 2 N–H and O–H groups in total. The predicted molar refractivity (Wildman–Crippen MR) is 108 cm³/mol. The number of carboxylic acid groups (broad SMARTS) is 1. The number of carboxylic acids is 1. The topological polar surface area (TPSA) is 101 Å². The zero-order chi connectivity index (χ0) is 20.0. The highest BCUT2D eigenvalue weighted by molar-refractivity contribution is 5.98. The number of H-pyrrole nitrogens is 1. The monoisotopic (exact) mass is 386 g/mol. The summed E-state index contributed by atoms with van der Waals surface area (Å²) in [7, 11) is 0. The molecule has 1 fully saturated rings. The van der Waals surface area contributed by atoms with E-state index in [1.807, 2.05) is 48.7 Å². The van der Waals surface area contributed by atoms with Crippen LogP contribution in [0.15, 0.2) is 59.5 Å². The van der Waals surface area contributed by atoms with Crippen molar-refractivity contribution in [3.05, 3.63) is 76.2 Å². The zero-order valence-electron chi connectivity index (χ0n) is 15.5. The first-order valence-electron chi connectivity index (χ1n) is 9.53. The van der Waals surface area contributed by atoms with E-state index >= 15 is 0 Å². The summed E-state index contributed by atoms with van der Waals surface area (Å²) in [5.41, 5.74) is 3.19. The van der Waals surface area contributed by atoms with Gasteiger partial charge in [-0.05, 0) is 47.9 Å². The minimum absolute atomic E-state index is 0.271. The molecule has 4 aromatic rings. The van der Waals surface area contributed by atoms with Crippen LogP contribution in [0.5, 0.6) is 0 Å². The summed E-state index contributed by atoms with van der Waals surface area (Å²) in [6, 6.07) is 15.0. The van der Waals surface area contributed by atoms with Gasteiger partial charge in [-0.2, -0.15) is 0 Å². The highest BCUT2D eigenvalue weighted by atomic mass is 16.4. The van der Waals surface area contributed by atoms with E-state index < -0.39 is 11.5 Å². The Labute approximate surface area is 165 Å². The molecule has 0 unspecified atom stereocenters. The molecule has 144 valence electrons. The summed E-state index contributed by atoms with van der Waals surface area (Å²) in [6.45, 7) is 0. The minimum Gasteiger partial charge on any atom is -0.477 e. The van der Waals surface area contributed by atoms with Crippen molar-refractivity contribution in [3.63, 3.8) is 0 Å². The molecule has 7 heteroatoms. The Balaban J connectivity index is 1.74. The molecule has 0 bridgehead atoms. The van der Waals surface area contributed by atoms with Crippen molar-refractivity contribution in [2.45, 2.75) is 25.2 Å². The Morgan fingerprint density at radius 3 is 2.62 bits per heavy atom. The maximum absolute atomic E-state index is 12.4. The maximum Gasteiger partial charge on any atom is 0.341 e. The second-order valence-electron chi connectivity index (χ2n) is 7.32. The molecular weight excluding hydrogens is 368 g/mol. The van der Waals surface area contributed by atoms with E-state index in [0.29, 0.717) is 22.5 Å². The first-order valence-corrected chi connectivity index (χ1v) is 9.53. The van der Waals surface area contributed by atoms with E-state index in [-0.39, 0.29) is 5.56 Å². The van der Waals surface area contributed by atoms with Gasteiger partial charge in [0.2, 0.25) is 0 Å². The average Bonchev–Trinajstić information content (AvgIpc) is 3.16. The Bertz CT molecular complexity index is 1290. The number of aromatic nitrogens is 4. The zero-order valence-corrected chi connectivity index (χ0v) is 15.5. The number of benzene rings is 2. The van der Waals surface area contributed by atoms with Crippen LogP contribution in [-0.4, -0.2) is 31.1 Å². The number of aromatic carboxylic acids is 1. The number of fused-ring (bicyclic) bond motifs is 1. The third-order valence-electron chi connectivity index (χ3n) is 5.60. The van der Waals surface area contributed by atoms with Crippen molar-refractivity contribution in [1.82, 2.24) is 20.0 Å². The number of hydrogen-bond donors (Lipinski definition) is 2. The van der Waals surface area contributed by atoms with Gasteiger partial charge in [0, 0.05) is 5.56 Å². The third-order valence-corrected chi connectivity index (χ3v) is 5.60. The lowest BCUT2D eigenvalue weighted by molar-refractivity contribution is 0.0695. The van der Waals surface area contributed by atoms with Gasteiger partial charge in [-0.3, -0.25) is 4.79 Å². The Hall–Kier alpha value is -3.74. The summed E-state index contributed by atoms with van der Waals surface area (Å²) < 4.78 is 1.70. The third kappa shape index (κ3) is 2.91. The lowest BCUT2D eigenvalue weighted by Gasteiger charge is -2.28. The summed E-state index contributed by atoms with van der Waals surface area (Å²) in [4.78, 5) is 26.5. The van der Waals surface area contributed by atoms with Crippen LogP contribution in [0.4, 0.5) is 0 Å². The second kappa shape index (κ2) is 6.70. The van der Waals surface area contributed by atoms with E-state index in [9.17, 15) is 14.7 Å². The summed E-state index contributed by atoms with van der Waals surface area (Å²) in [6.07, 6.45) is 5.19. The van der Waals surface area contributed by atoms with Gasteiger partial charge in [-0.1, -0.05) is 42.0 Å². The van der Waals surface area contributed by atoms with E-state index in [0.717, 1.165) is 29.7 Å². The summed E-state index contributed by atoms with van der Waals surface area (Å²) >= 11 is 0. The molecule has 2 aromatic heterocycles. The van der Waals surface area contributed by atoms with Crippen LogP contribution >= 0.6 is 0 Å². The van der Waals surface area contributed by atoms with E-state index in [4.69, 9.17) is 0 Å². The molecule has 2 aromatic carbocycles. The number of nitrogens with one attached hydrogen (secondary N) is 1. The lowest BCUT2D eigenvalue weighted by atomic mass is 9.77. The van der Waals surface area contributed by atoms with Crippen LogP contribution in [0.2, 0.25) is 0 Å². The van der Waals surface area contributed by atoms with Crippen molar-refractivity contribution in [2.75, 3.05) is 0 Å². The summed E-state index contributed by atoms with van der Waals surface area (Å²) in [5, 5.41) is 18.6. The fourth-order valence-electron chi connectivity index (χ4n) is 3.87. The highest BCUT2D eigenvalue weighted by Gasteiger charge is 2.26. The Morgan fingerprint density at radius 1 is 1.14 bits per heavy atom. The Kier molecular flexibility index (Phi) is 4.01. The second-order valence-corrected chi connectivity index (χ2v) is 7.32. The van der Waals surface area contributed by atoms with E-state index in [1.165, 1.54) is 12.5 Å². The highest BCUT2D eigenvalue weighted by Crippen LogP contribution is 2.43. The molecule has 1 aliphatic carbocycles. The van der Waals surface area contributed by atoms with Gasteiger partial charge in [0.15, 0.2) is 0 Å². The quantitative estimate of drug-likeness (QED) is 0.556. The molecule has 0 atom stereocenters. The van der Waals surface area contributed by atoms with Crippen molar-refractivity contribution in [2.24, 2.45) is 0 Å². The molecule has 0 amide bonds. The first-order chi connectivity index (χ1) is 14.1. The average molecular weight is 386 g/mol. The number of aromatic amines is 1. The largest absolute Gasteiger partial charge is 0.477 e. The van der Waals surface area contributed by atoms with Gasteiger partial charge in [-0.15, -0.1) is 5.10 Å². The maximum atomic E-state index is 12.4. The van der Waals surface area contributed by atoms with Crippen molar-refractivity contribution in [3.8, 4) is 16.9 Å². The molecule has 0 spiro atoms. The fourth-order valence-corrected chi connectivity index (χ4v) is 3.87. The fraction of sp³-hybridized carbons (Fsp3) is 0.182. The predicted octanol–water partition coefficient (Wildman–Crippen LogP) is 3.74. The molecule has 1 saturated carbocycles. The van der Waals surface area contributed by atoms with Crippen LogP contribution in [-0.2, 0) is 0 Å². The van der Waals surface area contributed by atoms with Gasteiger partial charge >= 0.3 is 5.97 Å². The number of para-hydroxylation sites is 1. The van der Waals surface area contributed by atoms with Crippen LogP contribution in [0.3, 0.4) is 0 Å². The standard InChI is InChI=1S/C22H18N4O3/c27-21-17(22(28)29)11-14-9-10-16(13-5-4-6-13)19(20(14)23-21)18-12-26(25-24-18)15-7-2-1-3-8-15/h1-3,7-13H,4-6H2,(H,23,27)(H,28,29). The molecular formula is C22H18N4O3. The normalized spacial score (nSPS) is 14.1. The number of carbonyl (C=O) groups is 1. The van der Waals surface area contributed by atoms with Gasteiger partial charge in [0.05, 0.1) is 17.4 Å².